The quantitative estimate of drug-likeness (QED) is 0.720. The molecule has 0 spiro atoms. The lowest BCUT2D eigenvalue weighted by atomic mass is 10.1. The average Bonchev–Trinajstić information content (AvgIpc) is 2.67. The summed E-state index contributed by atoms with van der Waals surface area (Å²) in [6.07, 6.45) is 1.51. The van der Waals surface area contributed by atoms with Crippen LogP contribution in [0.2, 0.25) is 0 Å². The van der Waals surface area contributed by atoms with Gasteiger partial charge in [0, 0.05) is 29.4 Å². The second-order valence-electron chi connectivity index (χ2n) is 6.50. The third-order valence-corrected chi connectivity index (χ3v) is 3.99. The molecule has 134 valence electrons. The number of hydrogen-bond donors (Lipinski definition) is 1. The largest absolute Gasteiger partial charge is 0.478 e. The van der Waals surface area contributed by atoms with E-state index in [1.165, 1.54) is 17.8 Å². The normalized spacial score (nSPS) is 10.3. The van der Waals surface area contributed by atoms with Gasteiger partial charge in [-0.25, -0.2) is 4.79 Å². The van der Waals surface area contributed by atoms with Crippen molar-refractivity contribution in [1.29, 1.82) is 0 Å². The maximum Gasteiger partial charge on any atom is 0.335 e. The smallest absolute Gasteiger partial charge is 0.335 e. The van der Waals surface area contributed by atoms with Gasteiger partial charge < -0.3 is 10.0 Å². The lowest BCUT2D eigenvalue weighted by Crippen LogP contribution is -2.10. The number of nitrogens with zero attached hydrogens (tertiary/aromatic N) is 2. The number of pyridine rings is 1. The second-order valence-corrected chi connectivity index (χ2v) is 6.50. The summed E-state index contributed by atoms with van der Waals surface area (Å²) in [4.78, 5) is 17.5. The van der Waals surface area contributed by atoms with Gasteiger partial charge in [0.2, 0.25) is 0 Å². The monoisotopic (exact) mass is 356 g/mol. The van der Waals surface area contributed by atoms with Crippen molar-refractivity contribution in [2.24, 2.45) is 0 Å². The van der Waals surface area contributed by atoms with Crippen molar-refractivity contribution in [2.75, 3.05) is 14.1 Å². The molecular formula is C23H20N2O2. The third-order valence-electron chi connectivity index (χ3n) is 3.99. The van der Waals surface area contributed by atoms with Crippen LogP contribution in [0.15, 0.2) is 66.9 Å². The highest BCUT2D eigenvalue weighted by Crippen LogP contribution is 2.18. The van der Waals surface area contributed by atoms with Gasteiger partial charge in [-0.3, -0.25) is 4.98 Å². The van der Waals surface area contributed by atoms with Gasteiger partial charge in [-0.05, 0) is 56.1 Å². The molecule has 0 aliphatic heterocycles. The van der Waals surface area contributed by atoms with E-state index in [-0.39, 0.29) is 5.56 Å². The van der Waals surface area contributed by atoms with Crippen LogP contribution in [0.25, 0.3) is 11.3 Å². The van der Waals surface area contributed by atoms with Crippen LogP contribution in [-0.2, 0) is 6.54 Å². The summed E-state index contributed by atoms with van der Waals surface area (Å²) < 4.78 is 0. The van der Waals surface area contributed by atoms with Crippen LogP contribution in [0.3, 0.4) is 0 Å². The fraction of sp³-hybridized carbons (Fsp3) is 0.130. The van der Waals surface area contributed by atoms with Crippen molar-refractivity contribution in [3.05, 3.63) is 89.1 Å². The zero-order valence-electron chi connectivity index (χ0n) is 15.3. The van der Waals surface area contributed by atoms with E-state index in [9.17, 15) is 4.79 Å². The number of carboxylic acid groups (broad SMARTS) is 1. The van der Waals surface area contributed by atoms with E-state index in [1.807, 2.05) is 50.5 Å². The summed E-state index contributed by atoms with van der Waals surface area (Å²) in [5.74, 6) is 5.36. The van der Waals surface area contributed by atoms with Gasteiger partial charge in [-0.1, -0.05) is 36.1 Å². The molecule has 0 saturated carbocycles. The lowest BCUT2D eigenvalue weighted by molar-refractivity contribution is 0.0697. The highest BCUT2D eigenvalue weighted by molar-refractivity contribution is 5.88. The van der Waals surface area contributed by atoms with Crippen LogP contribution in [0.5, 0.6) is 0 Å². The molecule has 2 aromatic carbocycles. The summed E-state index contributed by atoms with van der Waals surface area (Å²) >= 11 is 0. The molecule has 0 radical (unpaired) electrons. The number of benzene rings is 2. The first-order valence-electron chi connectivity index (χ1n) is 8.57. The number of aromatic carboxylic acids is 1. The molecule has 0 aliphatic carbocycles. The maximum atomic E-state index is 11.1. The molecule has 0 aliphatic rings. The predicted molar refractivity (Wildman–Crippen MR) is 106 cm³/mol. The van der Waals surface area contributed by atoms with Crippen LogP contribution in [0.1, 0.15) is 27.0 Å². The Kier molecular flexibility index (Phi) is 5.65. The van der Waals surface area contributed by atoms with Crippen LogP contribution in [0.4, 0.5) is 0 Å². The molecule has 4 heteroatoms. The Morgan fingerprint density at radius 3 is 2.11 bits per heavy atom. The van der Waals surface area contributed by atoms with Crippen molar-refractivity contribution in [2.45, 2.75) is 6.54 Å². The highest BCUT2D eigenvalue weighted by Gasteiger charge is 2.05. The molecule has 0 atom stereocenters. The van der Waals surface area contributed by atoms with E-state index in [0.29, 0.717) is 5.69 Å². The Balaban J connectivity index is 1.74. The van der Waals surface area contributed by atoms with Crippen LogP contribution >= 0.6 is 0 Å². The molecule has 0 bridgehead atoms. The van der Waals surface area contributed by atoms with Crippen LogP contribution in [0, 0.1) is 11.8 Å². The number of carboxylic acids is 1. The molecule has 0 unspecified atom stereocenters. The number of carbonyl (C=O) groups is 1. The molecule has 3 aromatic rings. The van der Waals surface area contributed by atoms with E-state index in [1.54, 1.807) is 6.07 Å². The Labute approximate surface area is 159 Å². The molecule has 1 heterocycles. The zero-order valence-corrected chi connectivity index (χ0v) is 15.3. The van der Waals surface area contributed by atoms with Gasteiger partial charge in [-0.2, -0.15) is 0 Å². The van der Waals surface area contributed by atoms with Gasteiger partial charge in [0.05, 0.1) is 11.3 Å². The Bertz CT molecular complexity index is 995. The first-order valence-corrected chi connectivity index (χ1v) is 8.57. The van der Waals surface area contributed by atoms with Crippen molar-refractivity contribution >= 4 is 5.97 Å². The summed E-state index contributed by atoms with van der Waals surface area (Å²) in [5, 5.41) is 9.09. The maximum absolute atomic E-state index is 11.1. The topological polar surface area (TPSA) is 53.4 Å². The zero-order chi connectivity index (χ0) is 19.2. The summed E-state index contributed by atoms with van der Waals surface area (Å²) in [6, 6.07) is 18.9. The van der Waals surface area contributed by atoms with Crippen LogP contribution in [-0.4, -0.2) is 35.1 Å². The fourth-order valence-electron chi connectivity index (χ4n) is 2.65. The molecule has 0 amide bonds. The van der Waals surface area contributed by atoms with Crippen molar-refractivity contribution in [1.82, 2.24) is 9.88 Å². The van der Waals surface area contributed by atoms with Crippen molar-refractivity contribution in [3.8, 4) is 23.1 Å². The SMILES string of the molecule is CN(C)Cc1ccc(C#Cc2ccc(-c3cc(C(=O)O)ccn3)cc2)cc1. The first kappa shape index (κ1) is 18.4. The van der Waals surface area contributed by atoms with Gasteiger partial charge in [0.25, 0.3) is 0 Å². The molecule has 4 nitrogen and oxygen atoms in total. The molecule has 0 saturated heterocycles. The van der Waals surface area contributed by atoms with E-state index < -0.39 is 5.97 Å². The van der Waals surface area contributed by atoms with Gasteiger partial charge in [0.15, 0.2) is 0 Å². The molecule has 3 rings (SSSR count). The van der Waals surface area contributed by atoms with Crippen molar-refractivity contribution in [3.63, 3.8) is 0 Å². The van der Waals surface area contributed by atoms with Gasteiger partial charge in [-0.15, -0.1) is 0 Å². The van der Waals surface area contributed by atoms with E-state index in [4.69, 9.17) is 5.11 Å². The standard InChI is InChI=1S/C23H20N2O2/c1-25(2)16-19-7-5-17(6-8-19)3-4-18-9-11-20(12-10-18)22-15-21(23(26)27)13-14-24-22/h5-15H,16H2,1-2H3,(H,26,27). The Morgan fingerprint density at radius 1 is 0.963 bits per heavy atom. The molecule has 0 fully saturated rings. The Hall–Kier alpha value is -3.42. The summed E-state index contributed by atoms with van der Waals surface area (Å²) in [6.45, 7) is 0.909. The minimum atomic E-state index is -0.960. The minimum absolute atomic E-state index is 0.224. The average molecular weight is 356 g/mol. The van der Waals surface area contributed by atoms with Gasteiger partial charge in [0.1, 0.15) is 0 Å². The minimum Gasteiger partial charge on any atom is -0.478 e. The molecule has 27 heavy (non-hydrogen) atoms. The second kappa shape index (κ2) is 8.31. The summed E-state index contributed by atoms with van der Waals surface area (Å²) in [5.41, 5.74) is 4.83. The molecule has 1 N–H and O–H groups in total. The number of aromatic nitrogens is 1. The predicted octanol–water partition coefficient (Wildman–Crippen LogP) is 3.91. The molecular weight excluding hydrogens is 336 g/mol. The van der Waals surface area contributed by atoms with Crippen molar-refractivity contribution < 1.29 is 9.90 Å². The molecule has 1 aromatic heterocycles. The van der Waals surface area contributed by atoms with Crippen LogP contribution < -0.4 is 0 Å². The number of rotatable bonds is 4. The number of hydrogen-bond acceptors (Lipinski definition) is 3. The van der Waals surface area contributed by atoms with Gasteiger partial charge >= 0.3 is 5.97 Å². The van der Waals surface area contributed by atoms with E-state index >= 15 is 0 Å². The van der Waals surface area contributed by atoms with E-state index in [0.717, 1.165) is 23.2 Å². The lowest BCUT2D eigenvalue weighted by Gasteiger charge is -2.08. The van der Waals surface area contributed by atoms with E-state index in [2.05, 4.69) is 33.9 Å². The Morgan fingerprint density at radius 2 is 1.56 bits per heavy atom. The summed E-state index contributed by atoms with van der Waals surface area (Å²) in [7, 11) is 4.09. The highest BCUT2D eigenvalue weighted by atomic mass is 16.4. The fourth-order valence-corrected chi connectivity index (χ4v) is 2.65. The third kappa shape index (κ3) is 5.04. The first-order chi connectivity index (χ1) is 13.0.